The number of hydrogen-bond acceptors (Lipinski definition) is 5. The third kappa shape index (κ3) is 4.23. The molecule has 1 fully saturated rings. The van der Waals surface area contributed by atoms with Crippen molar-refractivity contribution in [3.05, 3.63) is 0 Å². The van der Waals surface area contributed by atoms with Gasteiger partial charge in [-0.15, -0.1) is 0 Å². The van der Waals surface area contributed by atoms with E-state index in [1.54, 1.807) is 14.2 Å². The smallest absolute Gasteiger partial charge is 0.325 e. The zero-order chi connectivity index (χ0) is 13.6. The molecule has 0 bridgehead atoms. The lowest BCUT2D eigenvalue weighted by atomic mass is 9.98. The molecular weight excluding hydrogens is 232 g/mol. The van der Waals surface area contributed by atoms with Crippen LogP contribution in [-0.4, -0.2) is 63.4 Å². The van der Waals surface area contributed by atoms with E-state index in [1.807, 2.05) is 6.92 Å². The summed E-state index contributed by atoms with van der Waals surface area (Å²) in [5, 5.41) is 3.07. The summed E-state index contributed by atoms with van der Waals surface area (Å²) >= 11 is 0. The highest BCUT2D eigenvalue weighted by atomic mass is 16.5. The molecule has 1 N–H and O–H groups in total. The second-order valence-corrected chi connectivity index (χ2v) is 5.08. The molecule has 0 spiro atoms. The predicted octanol–water partition coefficient (Wildman–Crippen LogP) is 0.638. The first kappa shape index (κ1) is 15.4. The Kier molecular flexibility index (Phi) is 6.05. The second-order valence-electron chi connectivity index (χ2n) is 5.08. The quantitative estimate of drug-likeness (QED) is 0.615. The van der Waals surface area contributed by atoms with E-state index < -0.39 is 5.54 Å². The Morgan fingerprint density at radius 2 is 2.06 bits per heavy atom. The summed E-state index contributed by atoms with van der Waals surface area (Å²) in [6.45, 7) is 4.45. The molecule has 0 heterocycles. The first-order chi connectivity index (χ1) is 8.57. The van der Waals surface area contributed by atoms with Crippen LogP contribution >= 0.6 is 0 Å². The molecule has 0 aromatic carbocycles. The van der Waals surface area contributed by atoms with Gasteiger partial charge in [-0.05, 0) is 33.2 Å². The van der Waals surface area contributed by atoms with Gasteiger partial charge in [-0.3, -0.25) is 9.69 Å². The van der Waals surface area contributed by atoms with Crippen LogP contribution in [0.2, 0.25) is 0 Å². The van der Waals surface area contributed by atoms with Gasteiger partial charge < -0.3 is 14.8 Å². The van der Waals surface area contributed by atoms with Crippen molar-refractivity contribution in [1.29, 1.82) is 0 Å². The Bertz CT molecular complexity index is 269. The summed E-state index contributed by atoms with van der Waals surface area (Å²) in [7, 11) is 4.95. The molecule has 0 radical (unpaired) electrons. The standard InChI is InChI=1S/C13H26N2O3/c1-13(14-2,12(16)18-4)7-8-15(9-10-17-3)11-5-6-11/h11,14H,5-10H2,1-4H3. The third-order valence-corrected chi connectivity index (χ3v) is 3.73. The van der Waals surface area contributed by atoms with Gasteiger partial charge in [0.2, 0.25) is 0 Å². The fourth-order valence-electron chi connectivity index (χ4n) is 2.05. The average Bonchev–Trinajstić information content (AvgIpc) is 3.21. The maximum absolute atomic E-state index is 11.7. The third-order valence-electron chi connectivity index (χ3n) is 3.73. The molecule has 0 aliphatic heterocycles. The molecule has 1 aliphatic carbocycles. The lowest BCUT2D eigenvalue weighted by molar-refractivity contribution is -0.148. The number of likely N-dealkylation sites (N-methyl/N-ethyl adjacent to an activating group) is 1. The molecule has 5 nitrogen and oxygen atoms in total. The van der Waals surface area contributed by atoms with Gasteiger partial charge in [0.1, 0.15) is 5.54 Å². The molecule has 0 amide bonds. The topological polar surface area (TPSA) is 50.8 Å². The Labute approximate surface area is 110 Å². The van der Waals surface area contributed by atoms with E-state index in [2.05, 4.69) is 10.2 Å². The number of nitrogens with zero attached hydrogens (tertiary/aromatic N) is 1. The molecule has 106 valence electrons. The van der Waals surface area contributed by atoms with Gasteiger partial charge in [-0.25, -0.2) is 0 Å². The minimum atomic E-state index is -0.602. The van der Waals surface area contributed by atoms with Crippen molar-refractivity contribution in [2.75, 3.05) is 41.0 Å². The lowest BCUT2D eigenvalue weighted by Gasteiger charge is -2.30. The molecule has 1 aliphatic rings. The van der Waals surface area contributed by atoms with Gasteiger partial charge >= 0.3 is 5.97 Å². The number of rotatable bonds is 9. The number of methoxy groups -OCH3 is 2. The van der Waals surface area contributed by atoms with Crippen molar-refractivity contribution in [1.82, 2.24) is 10.2 Å². The van der Waals surface area contributed by atoms with E-state index >= 15 is 0 Å². The highest BCUT2D eigenvalue weighted by molar-refractivity contribution is 5.80. The van der Waals surface area contributed by atoms with Crippen LogP contribution in [0.1, 0.15) is 26.2 Å². The summed E-state index contributed by atoms with van der Waals surface area (Å²) in [6.07, 6.45) is 3.27. The van der Waals surface area contributed by atoms with Crippen molar-refractivity contribution < 1.29 is 14.3 Å². The van der Waals surface area contributed by atoms with E-state index in [0.717, 1.165) is 26.1 Å². The summed E-state index contributed by atoms with van der Waals surface area (Å²) in [4.78, 5) is 14.2. The van der Waals surface area contributed by atoms with Crippen molar-refractivity contribution in [3.63, 3.8) is 0 Å². The summed E-state index contributed by atoms with van der Waals surface area (Å²) in [5.41, 5.74) is -0.602. The predicted molar refractivity (Wildman–Crippen MR) is 70.6 cm³/mol. The highest BCUT2D eigenvalue weighted by Gasteiger charge is 2.35. The van der Waals surface area contributed by atoms with Gasteiger partial charge in [-0.2, -0.15) is 0 Å². The molecule has 1 rings (SSSR count). The van der Waals surface area contributed by atoms with Crippen LogP contribution in [0.25, 0.3) is 0 Å². The maximum Gasteiger partial charge on any atom is 0.325 e. The fourth-order valence-corrected chi connectivity index (χ4v) is 2.05. The van der Waals surface area contributed by atoms with Crippen LogP contribution in [0, 0.1) is 0 Å². The highest BCUT2D eigenvalue weighted by Crippen LogP contribution is 2.27. The molecule has 0 aromatic heterocycles. The van der Waals surface area contributed by atoms with E-state index in [1.165, 1.54) is 20.0 Å². The number of ether oxygens (including phenoxy) is 2. The Balaban J connectivity index is 2.46. The van der Waals surface area contributed by atoms with Crippen LogP contribution in [0.5, 0.6) is 0 Å². The number of carbonyl (C=O) groups is 1. The normalized spacial score (nSPS) is 18.7. The van der Waals surface area contributed by atoms with E-state index in [9.17, 15) is 4.79 Å². The van der Waals surface area contributed by atoms with Crippen molar-refractivity contribution in [2.45, 2.75) is 37.8 Å². The molecule has 0 aromatic rings. The van der Waals surface area contributed by atoms with Crippen LogP contribution in [0.3, 0.4) is 0 Å². The van der Waals surface area contributed by atoms with Crippen molar-refractivity contribution in [2.24, 2.45) is 0 Å². The van der Waals surface area contributed by atoms with E-state index in [4.69, 9.17) is 9.47 Å². The average molecular weight is 258 g/mol. The van der Waals surface area contributed by atoms with Gasteiger partial charge in [0.15, 0.2) is 0 Å². The Hall–Kier alpha value is -0.650. The van der Waals surface area contributed by atoms with Gasteiger partial charge in [-0.1, -0.05) is 0 Å². The van der Waals surface area contributed by atoms with Gasteiger partial charge in [0.05, 0.1) is 13.7 Å². The maximum atomic E-state index is 11.7. The Morgan fingerprint density at radius 1 is 1.39 bits per heavy atom. The SMILES string of the molecule is CNC(C)(CCN(CCOC)C1CC1)C(=O)OC. The van der Waals surface area contributed by atoms with Crippen LogP contribution in [0.4, 0.5) is 0 Å². The van der Waals surface area contributed by atoms with Crippen LogP contribution < -0.4 is 5.32 Å². The van der Waals surface area contributed by atoms with Gasteiger partial charge in [0.25, 0.3) is 0 Å². The summed E-state index contributed by atoms with van der Waals surface area (Å²) in [5.74, 6) is -0.201. The second kappa shape index (κ2) is 7.07. The Morgan fingerprint density at radius 3 is 2.50 bits per heavy atom. The minimum absolute atomic E-state index is 0.201. The van der Waals surface area contributed by atoms with E-state index in [-0.39, 0.29) is 5.97 Å². The fraction of sp³-hybridized carbons (Fsp3) is 0.923. The number of hydrogen-bond donors (Lipinski definition) is 1. The zero-order valence-electron chi connectivity index (χ0n) is 12.0. The monoisotopic (exact) mass is 258 g/mol. The molecular formula is C13H26N2O3. The van der Waals surface area contributed by atoms with Crippen LogP contribution in [0.15, 0.2) is 0 Å². The molecule has 1 saturated carbocycles. The first-order valence-electron chi connectivity index (χ1n) is 6.57. The van der Waals surface area contributed by atoms with Gasteiger partial charge in [0, 0.05) is 26.2 Å². The summed E-state index contributed by atoms with van der Waals surface area (Å²) in [6, 6.07) is 0.680. The summed E-state index contributed by atoms with van der Waals surface area (Å²) < 4.78 is 9.98. The van der Waals surface area contributed by atoms with Crippen LogP contribution in [-0.2, 0) is 14.3 Å². The number of nitrogens with one attached hydrogen (secondary N) is 1. The molecule has 1 unspecified atom stereocenters. The molecule has 18 heavy (non-hydrogen) atoms. The first-order valence-corrected chi connectivity index (χ1v) is 6.57. The largest absolute Gasteiger partial charge is 0.468 e. The molecule has 0 saturated heterocycles. The molecule has 1 atom stereocenters. The van der Waals surface area contributed by atoms with Crippen molar-refractivity contribution in [3.8, 4) is 0 Å². The zero-order valence-corrected chi connectivity index (χ0v) is 12.0. The number of esters is 1. The number of carbonyl (C=O) groups excluding carboxylic acids is 1. The minimum Gasteiger partial charge on any atom is -0.468 e. The van der Waals surface area contributed by atoms with E-state index in [0.29, 0.717) is 6.04 Å². The molecule has 5 heteroatoms. The lowest BCUT2D eigenvalue weighted by Crippen LogP contribution is -2.50. The van der Waals surface area contributed by atoms with Crippen molar-refractivity contribution >= 4 is 5.97 Å².